The van der Waals surface area contributed by atoms with Gasteiger partial charge in [-0.25, -0.2) is 0 Å². The Balaban J connectivity index is 2.04. The summed E-state index contributed by atoms with van der Waals surface area (Å²) in [7, 11) is 0. The first-order valence-corrected chi connectivity index (χ1v) is 12.3. The van der Waals surface area contributed by atoms with E-state index in [0.717, 1.165) is 25.0 Å². The first-order chi connectivity index (χ1) is 15.0. The van der Waals surface area contributed by atoms with Crippen LogP contribution in [0.15, 0.2) is 58.2 Å². The molecular weight excluding hydrogens is 402 g/mol. The molecule has 4 rings (SSSR count). The molecule has 1 atom stereocenters. The number of carbonyl (C=O) groups is 1. The van der Waals surface area contributed by atoms with E-state index >= 15 is 0 Å². The normalized spacial score (nSPS) is 20.9. The van der Waals surface area contributed by atoms with Crippen molar-refractivity contribution in [2.45, 2.75) is 58.9 Å². The molecule has 1 aliphatic carbocycles. The Morgan fingerprint density at radius 1 is 1.29 bits per heavy atom. The van der Waals surface area contributed by atoms with Crippen LogP contribution in [0.4, 0.5) is 0 Å². The van der Waals surface area contributed by atoms with Crippen molar-refractivity contribution < 1.29 is 4.79 Å². The van der Waals surface area contributed by atoms with E-state index in [4.69, 9.17) is 0 Å². The molecule has 1 saturated carbocycles. The lowest BCUT2D eigenvalue weighted by Gasteiger charge is -2.26. The number of allylic oxidation sites excluding steroid dienone is 5. The van der Waals surface area contributed by atoms with E-state index in [1.807, 2.05) is 0 Å². The maximum Gasteiger partial charge on any atom is 0.193 e. The Labute approximate surface area is 188 Å². The van der Waals surface area contributed by atoms with Gasteiger partial charge in [0.05, 0.1) is 5.56 Å². The zero-order valence-electron chi connectivity index (χ0n) is 18.7. The minimum atomic E-state index is -0.303. The molecule has 1 unspecified atom stereocenters. The quantitative estimate of drug-likeness (QED) is 0.366. The second-order valence-electron chi connectivity index (χ2n) is 9.00. The molecule has 2 aliphatic rings. The second kappa shape index (κ2) is 8.96. The van der Waals surface area contributed by atoms with Crippen LogP contribution in [0.3, 0.4) is 0 Å². The lowest BCUT2D eigenvalue weighted by atomic mass is 9.87. The van der Waals surface area contributed by atoms with Gasteiger partial charge in [-0.3, -0.25) is 9.59 Å². The highest BCUT2D eigenvalue weighted by Crippen LogP contribution is 2.48. The lowest BCUT2D eigenvalue weighted by molar-refractivity contribution is 0.104. The van der Waals surface area contributed by atoms with Crippen molar-refractivity contribution in [2.75, 3.05) is 0 Å². The number of thiophene rings is 1. The number of nitrogens with zero attached hydrogens (tertiary/aromatic N) is 1. The van der Waals surface area contributed by atoms with Crippen LogP contribution in [0.2, 0.25) is 0 Å². The van der Waals surface area contributed by atoms with Gasteiger partial charge in [-0.05, 0) is 96.0 Å². The Morgan fingerprint density at radius 2 is 2.06 bits per heavy atom. The van der Waals surface area contributed by atoms with E-state index in [1.54, 1.807) is 23.6 Å². The van der Waals surface area contributed by atoms with E-state index in [-0.39, 0.29) is 22.8 Å². The van der Waals surface area contributed by atoms with Crippen LogP contribution in [0.1, 0.15) is 80.5 Å². The van der Waals surface area contributed by atoms with Gasteiger partial charge in [-0.2, -0.15) is 11.3 Å². The number of hydrogen-bond acceptors (Lipinski definition) is 3. The van der Waals surface area contributed by atoms with Gasteiger partial charge in [0.15, 0.2) is 11.2 Å². The molecule has 0 N–H and O–H groups in total. The number of carbonyl (C=O) groups excluding carboxylic acids is 1. The van der Waals surface area contributed by atoms with E-state index < -0.39 is 0 Å². The maximum atomic E-state index is 13.0. The number of rotatable bonds is 6. The molecule has 0 saturated heterocycles. The van der Waals surface area contributed by atoms with Gasteiger partial charge >= 0.3 is 0 Å². The molecule has 1 aliphatic heterocycles. The second-order valence-corrected chi connectivity index (χ2v) is 9.78. The molecule has 0 spiro atoms. The van der Waals surface area contributed by atoms with Crippen molar-refractivity contribution in [1.82, 2.24) is 4.57 Å². The summed E-state index contributed by atoms with van der Waals surface area (Å²) in [6, 6.07) is 4.16. The summed E-state index contributed by atoms with van der Waals surface area (Å²) in [5, 5.41) is 4.35. The first kappa shape index (κ1) is 21.8. The Kier molecular flexibility index (Phi) is 6.29. The zero-order chi connectivity index (χ0) is 22.1. The average molecular weight is 434 g/mol. The highest BCUT2D eigenvalue weighted by molar-refractivity contribution is 7.08. The Bertz CT molecular complexity index is 1110. The summed E-state index contributed by atoms with van der Waals surface area (Å²) in [6.07, 6.45) is 10.8. The van der Waals surface area contributed by atoms with E-state index in [0.29, 0.717) is 11.8 Å². The molecule has 0 bridgehead atoms. The third-order valence-corrected chi connectivity index (χ3v) is 7.30. The first-order valence-electron chi connectivity index (χ1n) is 11.3. The minimum absolute atomic E-state index is 0.212. The molecule has 3 heterocycles. The highest BCUT2D eigenvalue weighted by atomic mass is 32.1. The van der Waals surface area contributed by atoms with Crippen molar-refractivity contribution in [1.29, 1.82) is 0 Å². The fourth-order valence-electron chi connectivity index (χ4n) is 4.92. The van der Waals surface area contributed by atoms with Gasteiger partial charge < -0.3 is 4.57 Å². The van der Waals surface area contributed by atoms with Gasteiger partial charge in [-0.1, -0.05) is 26.5 Å². The summed E-state index contributed by atoms with van der Waals surface area (Å²) in [5.41, 5.74) is 6.17. The molecule has 0 amide bonds. The van der Waals surface area contributed by atoms with E-state index in [2.05, 4.69) is 54.8 Å². The lowest BCUT2D eigenvalue weighted by Crippen LogP contribution is -2.23. The summed E-state index contributed by atoms with van der Waals surface area (Å²) in [5.74, 6) is 0.711. The van der Waals surface area contributed by atoms with Crippen molar-refractivity contribution >= 4 is 28.3 Å². The predicted molar refractivity (Wildman–Crippen MR) is 131 cm³/mol. The van der Waals surface area contributed by atoms with Gasteiger partial charge in [0, 0.05) is 24.0 Å². The van der Waals surface area contributed by atoms with E-state index in [9.17, 15) is 9.59 Å². The van der Waals surface area contributed by atoms with Crippen molar-refractivity contribution in [3.8, 4) is 0 Å². The fraction of sp³-hybridized carbons (Fsp3) is 0.407. The summed E-state index contributed by atoms with van der Waals surface area (Å²) >= 11 is 1.71. The molecule has 2 aromatic rings. The summed E-state index contributed by atoms with van der Waals surface area (Å²) in [4.78, 5) is 25.4. The highest BCUT2D eigenvalue weighted by Gasteiger charge is 2.32. The number of hydrogen-bond donors (Lipinski definition) is 0. The van der Waals surface area contributed by atoms with Crippen LogP contribution in [-0.2, 0) is 0 Å². The molecule has 0 radical (unpaired) electrons. The number of pyridine rings is 1. The molecule has 162 valence electrons. The Morgan fingerprint density at radius 3 is 2.65 bits per heavy atom. The monoisotopic (exact) mass is 433 g/mol. The van der Waals surface area contributed by atoms with Crippen LogP contribution in [0.25, 0.3) is 11.1 Å². The van der Waals surface area contributed by atoms with E-state index in [1.165, 1.54) is 41.2 Å². The fourth-order valence-corrected chi connectivity index (χ4v) is 5.57. The standard InChI is InChI=1S/C27H31NO2S/c1-5-20(18-10-11-18)27(19-12-13-31-16-19)21-8-7-9-23(17(3)4)28-15-22(25(29)6-2)26(30)14-24(21)28/h5-6,12-18,23H,2,7-11H2,1,3-4H3/b20-5+,27-21+. The molecule has 2 aromatic heterocycles. The SMILES string of the molecule is C=CC(=O)c1cn2c(cc1=O)/C(=C(/C(=C/C)C1CC1)c1ccsc1)CCCC2C(C)C. The largest absolute Gasteiger partial charge is 0.343 e. The van der Waals surface area contributed by atoms with Crippen molar-refractivity contribution in [2.24, 2.45) is 11.8 Å². The minimum Gasteiger partial charge on any atom is -0.343 e. The van der Waals surface area contributed by atoms with Crippen LogP contribution in [-0.4, -0.2) is 10.4 Å². The number of fused-ring (bicyclic) bond motifs is 1. The zero-order valence-corrected chi connectivity index (χ0v) is 19.5. The number of aromatic nitrogens is 1. The maximum absolute atomic E-state index is 13.0. The Hall–Kier alpha value is -2.46. The average Bonchev–Trinajstić information content (AvgIpc) is 3.48. The smallest absolute Gasteiger partial charge is 0.193 e. The predicted octanol–water partition coefficient (Wildman–Crippen LogP) is 6.93. The van der Waals surface area contributed by atoms with Crippen LogP contribution in [0, 0.1) is 11.8 Å². The molecule has 4 heteroatoms. The van der Waals surface area contributed by atoms with Crippen molar-refractivity contribution in [3.05, 3.63) is 80.4 Å². The van der Waals surface area contributed by atoms with Crippen LogP contribution >= 0.6 is 11.3 Å². The molecule has 0 aromatic carbocycles. The molecular formula is C27H31NO2S. The van der Waals surface area contributed by atoms with Gasteiger partial charge in [0.2, 0.25) is 0 Å². The van der Waals surface area contributed by atoms with Gasteiger partial charge in [0.25, 0.3) is 0 Å². The van der Waals surface area contributed by atoms with Crippen molar-refractivity contribution in [3.63, 3.8) is 0 Å². The number of ketones is 1. The summed E-state index contributed by atoms with van der Waals surface area (Å²) < 4.78 is 2.22. The van der Waals surface area contributed by atoms with Crippen LogP contribution < -0.4 is 5.43 Å². The topological polar surface area (TPSA) is 39.1 Å². The third-order valence-electron chi connectivity index (χ3n) is 6.62. The van der Waals surface area contributed by atoms with Gasteiger partial charge in [0.1, 0.15) is 0 Å². The third kappa shape index (κ3) is 4.18. The molecule has 31 heavy (non-hydrogen) atoms. The van der Waals surface area contributed by atoms with Crippen LogP contribution in [0.5, 0.6) is 0 Å². The molecule has 1 fully saturated rings. The molecule has 3 nitrogen and oxygen atoms in total. The van der Waals surface area contributed by atoms with Gasteiger partial charge in [-0.15, -0.1) is 0 Å². The summed E-state index contributed by atoms with van der Waals surface area (Å²) in [6.45, 7) is 10.2.